The molecule has 0 nitrogen and oxygen atoms in total. The van der Waals surface area contributed by atoms with Gasteiger partial charge in [-0.05, 0) is 22.0 Å². The van der Waals surface area contributed by atoms with Crippen molar-refractivity contribution in [3.8, 4) is 11.1 Å². The first-order valence-electron chi connectivity index (χ1n) is 4.95. The van der Waals surface area contributed by atoms with Gasteiger partial charge in [0.2, 0.25) is 0 Å². The van der Waals surface area contributed by atoms with Crippen LogP contribution in [-0.4, -0.2) is 0 Å². The number of fused-ring (bicyclic) bond motifs is 3. The zero-order valence-corrected chi connectivity index (χ0v) is 9.83. The van der Waals surface area contributed by atoms with Crippen molar-refractivity contribution >= 4 is 25.5 Å². The lowest BCUT2D eigenvalue weighted by molar-refractivity contribution is 1.35. The van der Waals surface area contributed by atoms with Gasteiger partial charge in [-0.25, -0.2) is 0 Å². The molecule has 1 aliphatic rings. The maximum atomic E-state index is 6.39. The summed E-state index contributed by atoms with van der Waals surface area (Å²) in [5.41, 5.74) is 3.92. The number of benzene rings is 2. The summed E-state index contributed by atoms with van der Waals surface area (Å²) >= 11 is 6.39. The third-order valence-electron chi connectivity index (χ3n) is 2.73. The first-order chi connectivity index (χ1) is 7.36. The monoisotopic (exact) mass is 232 g/mol. The zero-order chi connectivity index (χ0) is 10.3. The van der Waals surface area contributed by atoms with Crippen molar-refractivity contribution in [1.29, 1.82) is 0 Å². The molecule has 15 heavy (non-hydrogen) atoms. The minimum atomic E-state index is 0.149. The maximum Gasteiger partial charge on any atom is 0.0799 e. The molecule has 0 saturated carbocycles. The van der Waals surface area contributed by atoms with E-state index in [1.165, 1.54) is 22.0 Å². The van der Waals surface area contributed by atoms with Gasteiger partial charge in [-0.1, -0.05) is 57.1 Å². The molecule has 0 fully saturated rings. The second-order valence-corrected chi connectivity index (χ2v) is 5.85. The van der Waals surface area contributed by atoms with Crippen molar-refractivity contribution in [2.24, 2.45) is 0 Å². The minimum absolute atomic E-state index is 0.149. The van der Waals surface area contributed by atoms with E-state index in [2.05, 4.69) is 48.5 Å². The molecular weight excluding hydrogens is 223 g/mol. The van der Waals surface area contributed by atoms with E-state index >= 15 is 0 Å². The van der Waals surface area contributed by atoms with Crippen LogP contribution in [0, 0.1) is 0 Å². The third-order valence-corrected chi connectivity index (χ3v) is 4.61. The Bertz CT molecular complexity index is 507. The molecule has 74 valence electrons. The number of rotatable bonds is 0. The van der Waals surface area contributed by atoms with E-state index in [1.54, 1.807) is 0 Å². The summed E-state index contributed by atoms with van der Waals surface area (Å²) in [5, 5.41) is 1.53. The Hall–Kier alpha value is -0.840. The van der Waals surface area contributed by atoms with Crippen molar-refractivity contribution in [2.45, 2.75) is 5.12 Å². The van der Waals surface area contributed by atoms with Gasteiger partial charge < -0.3 is 0 Å². The standard InChI is InChI=1S/C13H10ClP/c14-13-11-7-2-1-5-9(11)10-6-3-4-8-12(10)15-13/h1-8,13,15H. The predicted molar refractivity (Wildman–Crippen MR) is 68.4 cm³/mol. The summed E-state index contributed by atoms with van der Waals surface area (Å²) in [5.74, 6) is 0. The van der Waals surface area contributed by atoms with E-state index in [-0.39, 0.29) is 5.12 Å². The first kappa shape index (κ1) is 9.39. The Morgan fingerprint density at radius 2 is 1.53 bits per heavy atom. The summed E-state index contributed by atoms with van der Waals surface area (Å²) in [7, 11) is 0.679. The first-order valence-corrected chi connectivity index (χ1v) is 6.46. The van der Waals surface area contributed by atoms with Gasteiger partial charge in [0.05, 0.1) is 5.12 Å². The summed E-state index contributed by atoms with van der Waals surface area (Å²) in [6.45, 7) is 0. The molecule has 0 aliphatic carbocycles. The summed E-state index contributed by atoms with van der Waals surface area (Å²) in [6.07, 6.45) is 0. The Kier molecular flexibility index (Phi) is 2.27. The van der Waals surface area contributed by atoms with Crippen LogP contribution in [0.3, 0.4) is 0 Å². The van der Waals surface area contributed by atoms with Crippen molar-refractivity contribution in [2.75, 3.05) is 0 Å². The lowest BCUT2D eigenvalue weighted by atomic mass is 10.00. The Labute approximate surface area is 96.1 Å². The summed E-state index contributed by atoms with van der Waals surface area (Å²) < 4.78 is 0. The van der Waals surface area contributed by atoms with Gasteiger partial charge in [0, 0.05) is 0 Å². The van der Waals surface area contributed by atoms with Gasteiger partial charge in [-0.2, -0.15) is 0 Å². The van der Waals surface area contributed by atoms with Crippen LogP contribution in [0.5, 0.6) is 0 Å². The van der Waals surface area contributed by atoms with Crippen molar-refractivity contribution in [3.05, 3.63) is 54.1 Å². The molecule has 0 saturated heterocycles. The van der Waals surface area contributed by atoms with Crippen LogP contribution >= 0.6 is 20.2 Å². The third kappa shape index (κ3) is 1.49. The second kappa shape index (κ2) is 3.63. The van der Waals surface area contributed by atoms with Crippen molar-refractivity contribution < 1.29 is 0 Å². The largest absolute Gasteiger partial charge is 0.113 e. The molecule has 2 atom stereocenters. The van der Waals surface area contributed by atoms with Crippen molar-refractivity contribution in [3.63, 3.8) is 0 Å². The Balaban J connectivity index is 2.30. The fourth-order valence-corrected chi connectivity index (χ4v) is 3.81. The highest BCUT2D eigenvalue weighted by molar-refractivity contribution is 7.50. The van der Waals surface area contributed by atoms with Crippen LogP contribution in [0.1, 0.15) is 10.7 Å². The van der Waals surface area contributed by atoms with Gasteiger partial charge in [-0.3, -0.25) is 0 Å². The quantitative estimate of drug-likeness (QED) is 0.477. The number of halogens is 1. The summed E-state index contributed by atoms with van der Waals surface area (Å²) in [6, 6.07) is 17.0. The Morgan fingerprint density at radius 3 is 2.40 bits per heavy atom. The zero-order valence-electron chi connectivity index (χ0n) is 8.07. The van der Waals surface area contributed by atoms with E-state index < -0.39 is 0 Å². The fraction of sp³-hybridized carbons (Fsp3) is 0.0769. The highest BCUT2D eigenvalue weighted by Crippen LogP contribution is 2.47. The molecule has 0 amide bonds. The molecule has 2 unspecified atom stereocenters. The molecule has 2 aromatic rings. The SMILES string of the molecule is ClC1Pc2ccccc2-c2ccccc21. The van der Waals surface area contributed by atoms with E-state index in [1.807, 2.05) is 0 Å². The number of hydrogen-bond donors (Lipinski definition) is 0. The maximum absolute atomic E-state index is 6.39. The molecule has 1 heterocycles. The summed E-state index contributed by atoms with van der Waals surface area (Å²) in [4.78, 5) is 0. The Morgan fingerprint density at radius 1 is 0.867 bits per heavy atom. The topological polar surface area (TPSA) is 0 Å². The molecule has 2 aromatic carbocycles. The average molecular weight is 233 g/mol. The van der Waals surface area contributed by atoms with Gasteiger partial charge in [0.25, 0.3) is 0 Å². The van der Waals surface area contributed by atoms with Gasteiger partial charge in [0.1, 0.15) is 0 Å². The van der Waals surface area contributed by atoms with Crippen LogP contribution in [-0.2, 0) is 0 Å². The van der Waals surface area contributed by atoms with Gasteiger partial charge >= 0.3 is 0 Å². The van der Waals surface area contributed by atoms with Crippen LogP contribution in [0.25, 0.3) is 11.1 Å². The smallest absolute Gasteiger partial charge is 0.0799 e. The second-order valence-electron chi connectivity index (χ2n) is 3.64. The molecule has 0 radical (unpaired) electrons. The van der Waals surface area contributed by atoms with Crippen LogP contribution in [0.2, 0.25) is 0 Å². The molecule has 0 N–H and O–H groups in total. The number of alkyl halides is 1. The van der Waals surface area contributed by atoms with E-state index in [9.17, 15) is 0 Å². The molecule has 0 bridgehead atoms. The van der Waals surface area contributed by atoms with Gasteiger partial charge in [0.15, 0.2) is 0 Å². The van der Waals surface area contributed by atoms with E-state index in [0.29, 0.717) is 8.58 Å². The molecule has 0 spiro atoms. The lowest BCUT2D eigenvalue weighted by Crippen LogP contribution is -2.08. The van der Waals surface area contributed by atoms with E-state index in [0.717, 1.165) is 0 Å². The normalized spacial score (nSPS) is 19.7. The van der Waals surface area contributed by atoms with Crippen LogP contribution in [0.4, 0.5) is 0 Å². The minimum Gasteiger partial charge on any atom is -0.113 e. The van der Waals surface area contributed by atoms with Crippen LogP contribution < -0.4 is 5.30 Å². The van der Waals surface area contributed by atoms with Gasteiger partial charge in [-0.15, -0.1) is 11.6 Å². The highest BCUT2D eigenvalue weighted by atomic mass is 35.5. The average Bonchev–Trinajstić information content (AvgIpc) is 2.30. The van der Waals surface area contributed by atoms with Crippen LogP contribution in [0.15, 0.2) is 48.5 Å². The lowest BCUT2D eigenvalue weighted by Gasteiger charge is -2.23. The molecule has 2 heteroatoms. The highest BCUT2D eigenvalue weighted by Gasteiger charge is 2.21. The predicted octanol–water partition coefficient (Wildman–Crippen LogP) is 3.91. The molecule has 3 rings (SSSR count). The van der Waals surface area contributed by atoms with E-state index in [4.69, 9.17) is 11.6 Å². The molecular formula is C13H10ClP. The molecule has 1 aliphatic heterocycles. The number of hydrogen-bond acceptors (Lipinski definition) is 0. The molecule has 0 aromatic heterocycles. The fourth-order valence-electron chi connectivity index (χ4n) is 2.02. The van der Waals surface area contributed by atoms with Crippen molar-refractivity contribution in [1.82, 2.24) is 0 Å².